The molecule has 1 saturated heterocycles. The van der Waals surface area contributed by atoms with Gasteiger partial charge in [0.25, 0.3) is 5.91 Å². The number of amides is 3. The zero-order valence-electron chi connectivity index (χ0n) is 15.9. The highest BCUT2D eigenvalue weighted by molar-refractivity contribution is 6.09. The van der Waals surface area contributed by atoms with Crippen LogP contribution in [0.5, 0.6) is 0 Å². The molecule has 1 fully saturated rings. The number of nitrogens with zero attached hydrogens (tertiary/aromatic N) is 1. The molecule has 0 unspecified atom stereocenters. The monoisotopic (exact) mass is 387 g/mol. The summed E-state index contributed by atoms with van der Waals surface area (Å²) in [5.41, 5.74) is 0.866. The van der Waals surface area contributed by atoms with E-state index in [0.717, 1.165) is 6.42 Å². The lowest BCUT2D eigenvalue weighted by Crippen LogP contribution is -2.45. The minimum absolute atomic E-state index is 0.115. The number of hydrogen-bond donors (Lipinski definition) is 2. The van der Waals surface area contributed by atoms with E-state index in [1.807, 2.05) is 0 Å². The number of nitrogens with one attached hydrogen (secondary N) is 2. The van der Waals surface area contributed by atoms with Gasteiger partial charge in [0.15, 0.2) is 0 Å². The lowest BCUT2D eigenvalue weighted by Gasteiger charge is -2.31. The van der Waals surface area contributed by atoms with Crippen molar-refractivity contribution < 1.29 is 23.9 Å². The van der Waals surface area contributed by atoms with Crippen molar-refractivity contribution in [3.05, 3.63) is 29.8 Å². The Morgan fingerprint density at radius 2 is 2.04 bits per heavy atom. The maximum absolute atomic E-state index is 12.6. The van der Waals surface area contributed by atoms with E-state index in [4.69, 9.17) is 4.74 Å². The Bertz CT molecular complexity index is 779. The summed E-state index contributed by atoms with van der Waals surface area (Å²) in [6.07, 6.45) is 1.77. The number of anilines is 1. The highest BCUT2D eigenvalue weighted by Crippen LogP contribution is 2.21. The van der Waals surface area contributed by atoms with Gasteiger partial charge in [0.05, 0.1) is 23.8 Å². The van der Waals surface area contributed by atoms with E-state index in [1.165, 1.54) is 0 Å². The summed E-state index contributed by atoms with van der Waals surface area (Å²) in [4.78, 5) is 50.9. The smallest absolute Gasteiger partial charge is 0.310 e. The SMILES string of the molecule is CCOC(=O)[C@@H]1CCCN(C(=O)CC[C@@H]2NC(=O)c3ccccc3NC2=O)C1. The molecule has 0 radical (unpaired) electrons. The van der Waals surface area contributed by atoms with Gasteiger partial charge in [-0.1, -0.05) is 12.1 Å². The fourth-order valence-corrected chi connectivity index (χ4v) is 3.60. The Morgan fingerprint density at radius 3 is 2.82 bits per heavy atom. The lowest BCUT2D eigenvalue weighted by atomic mass is 9.97. The average molecular weight is 387 g/mol. The third kappa shape index (κ3) is 4.49. The second kappa shape index (κ2) is 8.86. The van der Waals surface area contributed by atoms with Gasteiger partial charge in [-0.05, 0) is 38.3 Å². The van der Waals surface area contributed by atoms with Gasteiger partial charge in [-0.25, -0.2) is 0 Å². The van der Waals surface area contributed by atoms with Crippen LogP contribution in [-0.4, -0.2) is 54.3 Å². The van der Waals surface area contributed by atoms with Gasteiger partial charge in [-0.3, -0.25) is 19.2 Å². The highest BCUT2D eigenvalue weighted by atomic mass is 16.5. The summed E-state index contributed by atoms with van der Waals surface area (Å²) < 4.78 is 5.06. The Labute approximate surface area is 163 Å². The minimum Gasteiger partial charge on any atom is -0.466 e. The zero-order chi connectivity index (χ0) is 20.1. The third-order valence-corrected chi connectivity index (χ3v) is 5.09. The van der Waals surface area contributed by atoms with Crippen molar-refractivity contribution in [2.75, 3.05) is 25.0 Å². The number of esters is 1. The van der Waals surface area contributed by atoms with Crippen LogP contribution in [0.2, 0.25) is 0 Å². The quantitative estimate of drug-likeness (QED) is 0.742. The second-order valence-electron chi connectivity index (χ2n) is 7.03. The number of carbonyl (C=O) groups excluding carboxylic acids is 4. The Hall–Kier alpha value is -2.90. The maximum atomic E-state index is 12.6. The van der Waals surface area contributed by atoms with E-state index < -0.39 is 6.04 Å². The molecular formula is C20H25N3O5. The average Bonchev–Trinajstić information content (AvgIpc) is 2.82. The first kappa shape index (κ1) is 19.9. The molecule has 3 rings (SSSR count). The standard InChI is InChI=1S/C20H25N3O5/c1-2-28-20(27)13-6-5-11-23(12-13)17(24)10-9-16-19(26)21-15-8-4-3-7-14(15)18(25)22-16/h3-4,7-8,13,16H,2,5-6,9-12H2,1H3,(H,21,26)(H,22,25)/t13-,16+/m1/s1. The molecule has 8 nitrogen and oxygen atoms in total. The minimum atomic E-state index is -0.783. The van der Waals surface area contributed by atoms with Crippen LogP contribution in [-0.2, 0) is 19.1 Å². The van der Waals surface area contributed by atoms with Crippen molar-refractivity contribution in [3.8, 4) is 0 Å². The summed E-state index contributed by atoms with van der Waals surface area (Å²) in [7, 11) is 0. The van der Waals surface area contributed by atoms with Gasteiger partial charge >= 0.3 is 5.97 Å². The Kier molecular flexibility index (Phi) is 6.28. The predicted octanol–water partition coefficient (Wildman–Crippen LogP) is 1.32. The first-order valence-electron chi connectivity index (χ1n) is 9.64. The van der Waals surface area contributed by atoms with Crippen LogP contribution in [0.4, 0.5) is 5.69 Å². The van der Waals surface area contributed by atoms with E-state index in [9.17, 15) is 19.2 Å². The van der Waals surface area contributed by atoms with Gasteiger partial charge in [-0.2, -0.15) is 0 Å². The van der Waals surface area contributed by atoms with Crippen LogP contribution in [0.25, 0.3) is 0 Å². The molecule has 1 aromatic rings. The number of ether oxygens (including phenoxy) is 1. The Balaban J connectivity index is 1.56. The largest absolute Gasteiger partial charge is 0.466 e. The summed E-state index contributed by atoms with van der Waals surface area (Å²) in [6, 6.07) is 6.00. The van der Waals surface area contributed by atoms with E-state index in [1.54, 1.807) is 36.1 Å². The number of carbonyl (C=O) groups is 4. The summed E-state index contributed by atoms with van der Waals surface area (Å²) in [5.74, 6) is -1.38. The number of hydrogen-bond acceptors (Lipinski definition) is 5. The molecule has 0 bridgehead atoms. The molecule has 8 heteroatoms. The molecule has 0 aromatic heterocycles. The molecule has 2 atom stereocenters. The topological polar surface area (TPSA) is 105 Å². The molecule has 2 aliphatic rings. The summed E-state index contributed by atoms with van der Waals surface area (Å²) in [5, 5.41) is 5.42. The van der Waals surface area contributed by atoms with Gasteiger partial charge in [0, 0.05) is 19.5 Å². The molecule has 1 aromatic carbocycles. The van der Waals surface area contributed by atoms with Crippen LogP contribution in [0, 0.1) is 5.92 Å². The van der Waals surface area contributed by atoms with Crippen LogP contribution < -0.4 is 10.6 Å². The zero-order valence-corrected chi connectivity index (χ0v) is 15.9. The van der Waals surface area contributed by atoms with Crippen LogP contribution in [0.15, 0.2) is 24.3 Å². The van der Waals surface area contributed by atoms with Crippen molar-refractivity contribution in [1.29, 1.82) is 0 Å². The van der Waals surface area contributed by atoms with Crippen LogP contribution in [0.3, 0.4) is 0 Å². The van der Waals surface area contributed by atoms with E-state index in [-0.39, 0.29) is 42.5 Å². The number of piperidine rings is 1. The molecule has 2 heterocycles. The third-order valence-electron chi connectivity index (χ3n) is 5.09. The van der Waals surface area contributed by atoms with E-state index in [0.29, 0.717) is 37.4 Å². The molecule has 0 spiro atoms. The first-order valence-corrected chi connectivity index (χ1v) is 9.64. The normalized spacial score (nSPS) is 21.8. The predicted molar refractivity (Wildman–Crippen MR) is 101 cm³/mol. The van der Waals surface area contributed by atoms with E-state index in [2.05, 4.69) is 10.6 Å². The van der Waals surface area contributed by atoms with Crippen molar-refractivity contribution in [2.24, 2.45) is 5.92 Å². The summed E-state index contributed by atoms with van der Waals surface area (Å²) in [6.45, 7) is 3.01. The summed E-state index contributed by atoms with van der Waals surface area (Å²) >= 11 is 0. The van der Waals surface area contributed by atoms with Crippen molar-refractivity contribution >= 4 is 29.4 Å². The maximum Gasteiger partial charge on any atom is 0.310 e. The van der Waals surface area contributed by atoms with Crippen LogP contribution in [0.1, 0.15) is 43.0 Å². The number of likely N-dealkylation sites (tertiary alicyclic amines) is 1. The fraction of sp³-hybridized carbons (Fsp3) is 0.500. The first-order chi connectivity index (χ1) is 13.5. The van der Waals surface area contributed by atoms with E-state index >= 15 is 0 Å². The molecule has 150 valence electrons. The molecule has 0 saturated carbocycles. The number of benzene rings is 1. The van der Waals surface area contributed by atoms with Gasteiger partial charge < -0.3 is 20.3 Å². The van der Waals surface area contributed by atoms with Crippen molar-refractivity contribution in [2.45, 2.75) is 38.6 Å². The van der Waals surface area contributed by atoms with Gasteiger partial charge in [0.2, 0.25) is 11.8 Å². The Morgan fingerprint density at radius 1 is 1.25 bits per heavy atom. The van der Waals surface area contributed by atoms with Crippen molar-refractivity contribution in [3.63, 3.8) is 0 Å². The van der Waals surface area contributed by atoms with Crippen molar-refractivity contribution in [1.82, 2.24) is 10.2 Å². The van der Waals surface area contributed by atoms with Gasteiger partial charge in [-0.15, -0.1) is 0 Å². The molecule has 2 N–H and O–H groups in total. The molecule has 3 amide bonds. The molecular weight excluding hydrogens is 362 g/mol. The van der Waals surface area contributed by atoms with Gasteiger partial charge in [0.1, 0.15) is 6.04 Å². The molecule has 0 aliphatic carbocycles. The molecule has 2 aliphatic heterocycles. The number of fused-ring (bicyclic) bond motifs is 1. The van der Waals surface area contributed by atoms with Crippen LogP contribution >= 0.6 is 0 Å². The highest BCUT2D eigenvalue weighted by Gasteiger charge is 2.31. The second-order valence-corrected chi connectivity index (χ2v) is 7.03. The number of para-hydroxylation sites is 1. The fourth-order valence-electron chi connectivity index (χ4n) is 3.60. The number of rotatable bonds is 5. The molecule has 28 heavy (non-hydrogen) atoms. The lowest BCUT2D eigenvalue weighted by molar-refractivity contribution is -0.151.